The first kappa shape index (κ1) is 28.9. The van der Waals surface area contributed by atoms with Gasteiger partial charge in [-0.15, -0.1) is 11.8 Å². The molecule has 0 radical (unpaired) electrons. The molecule has 5 rings (SSSR count). The second kappa shape index (κ2) is 13.8. The zero-order valence-corrected chi connectivity index (χ0v) is 24.6. The zero-order chi connectivity index (χ0) is 29.3. The molecule has 3 amide bonds. The van der Waals surface area contributed by atoms with Crippen LogP contribution in [0.3, 0.4) is 0 Å². The number of carbonyl (C=O) groups excluding carboxylic acids is 2. The fourth-order valence-corrected chi connectivity index (χ4v) is 5.40. The van der Waals surface area contributed by atoms with Gasteiger partial charge in [0.2, 0.25) is 0 Å². The van der Waals surface area contributed by atoms with Gasteiger partial charge in [0, 0.05) is 54.7 Å². The normalized spacial score (nSPS) is 12.9. The number of ether oxygens (including phenoxy) is 1. The second-order valence-corrected chi connectivity index (χ2v) is 10.7. The molecule has 1 aliphatic rings. The van der Waals surface area contributed by atoms with Gasteiger partial charge in [0.15, 0.2) is 0 Å². The summed E-state index contributed by atoms with van der Waals surface area (Å²) in [5.41, 5.74) is 4.65. The lowest BCUT2D eigenvalue weighted by atomic mass is 10.1. The molecule has 9 heteroatoms. The molecule has 1 saturated heterocycles. The molecule has 0 atom stereocenters. The second-order valence-electron chi connectivity index (χ2n) is 9.85. The number of piperazine rings is 1. The molecule has 0 aromatic heterocycles. The lowest BCUT2D eigenvalue weighted by Crippen LogP contribution is -2.47. The monoisotopic (exact) mass is 581 g/mol. The van der Waals surface area contributed by atoms with Gasteiger partial charge in [-0.05, 0) is 66.4 Å². The van der Waals surface area contributed by atoms with E-state index < -0.39 is 0 Å². The molecule has 1 heterocycles. The highest BCUT2D eigenvalue weighted by molar-refractivity contribution is 7.98. The first-order valence-corrected chi connectivity index (χ1v) is 15.1. The molecule has 3 N–H and O–H groups in total. The number of methoxy groups -OCH3 is 1. The topological polar surface area (TPSA) is 85.9 Å². The van der Waals surface area contributed by atoms with E-state index in [1.54, 1.807) is 24.9 Å². The maximum Gasteiger partial charge on any atom is 0.323 e. The van der Waals surface area contributed by atoms with Crippen LogP contribution >= 0.6 is 11.8 Å². The van der Waals surface area contributed by atoms with Gasteiger partial charge in [-0.2, -0.15) is 0 Å². The van der Waals surface area contributed by atoms with Crippen LogP contribution in [0.5, 0.6) is 5.75 Å². The van der Waals surface area contributed by atoms with Crippen molar-refractivity contribution in [2.75, 3.05) is 60.0 Å². The molecule has 8 nitrogen and oxygen atoms in total. The number of urea groups is 1. The van der Waals surface area contributed by atoms with E-state index >= 15 is 0 Å². The van der Waals surface area contributed by atoms with E-state index in [1.165, 1.54) is 0 Å². The number of rotatable bonds is 9. The molecule has 0 bridgehead atoms. The number of carbonyl (C=O) groups is 2. The number of benzene rings is 4. The van der Waals surface area contributed by atoms with E-state index in [9.17, 15) is 9.59 Å². The Bertz CT molecular complexity index is 1510. The van der Waals surface area contributed by atoms with Gasteiger partial charge in [-0.3, -0.25) is 4.79 Å². The summed E-state index contributed by atoms with van der Waals surface area (Å²) in [6.07, 6.45) is 2.01. The highest BCUT2D eigenvalue weighted by Gasteiger charge is 2.24. The molecule has 42 heavy (non-hydrogen) atoms. The van der Waals surface area contributed by atoms with Crippen LogP contribution in [0.15, 0.2) is 102 Å². The van der Waals surface area contributed by atoms with E-state index in [0.29, 0.717) is 23.5 Å². The van der Waals surface area contributed by atoms with Crippen LogP contribution < -0.4 is 30.5 Å². The van der Waals surface area contributed by atoms with E-state index in [1.807, 2.05) is 91.2 Å². The van der Waals surface area contributed by atoms with Crippen LogP contribution in [0.2, 0.25) is 0 Å². The van der Waals surface area contributed by atoms with Crippen molar-refractivity contribution < 1.29 is 14.3 Å². The summed E-state index contributed by atoms with van der Waals surface area (Å²) >= 11 is 1.64. The zero-order valence-electron chi connectivity index (χ0n) is 23.8. The Labute approximate surface area is 251 Å². The third kappa shape index (κ3) is 7.16. The van der Waals surface area contributed by atoms with E-state index in [-0.39, 0.29) is 11.9 Å². The van der Waals surface area contributed by atoms with Gasteiger partial charge in [-0.1, -0.05) is 42.5 Å². The molecule has 0 unspecified atom stereocenters. The fraction of sp³-hybridized carbons (Fsp3) is 0.212. The van der Waals surface area contributed by atoms with E-state index in [4.69, 9.17) is 4.74 Å². The number of nitrogens with zero attached hydrogens (tertiary/aromatic N) is 2. The van der Waals surface area contributed by atoms with Gasteiger partial charge < -0.3 is 30.5 Å². The number of anilines is 4. The summed E-state index contributed by atoms with van der Waals surface area (Å²) in [6, 6.07) is 30.6. The van der Waals surface area contributed by atoms with Crippen molar-refractivity contribution in [3.05, 3.63) is 108 Å². The minimum absolute atomic E-state index is 0.197. The standard InChI is InChI=1S/C33H35N5O3S/c1-41-31-11-7-6-10-30(31)38-20-18-37(19-21-38)29-17-14-26(36-33(40)35-25-12-15-27(42-2)16-13-25)22-28(29)32(39)34-23-24-8-4-3-5-9-24/h3-17,22H,18-21,23H2,1-2H3,(H,34,39)(H2,35,36,40). The Balaban J connectivity index is 1.32. The molecule has 1 aliphatic heterocycles. The number of hydrogen-bond donors (Lipinski definition) is 3. The van der Waals surface area contributed by atoms with Gasteiger partial charge in [0.05, 0.1) is 18.4 Å². The summed E-state index contributed by atoms with van der Waals surface area (Å²) in [5, 5.41) is 8.80. The SMILES string of the molecule is COc1ccccc1N1CCN(c2ccc(NC(=O)Nc3ccc(SC)cc3)cc2C(=O)NCc2ccccc2)CC1. The minimum atomic E-state index is -0.374. The van der Waals surface area contributed by atoms with Crippen LogP contribution in [-0.4, -0.2) is 51.5 Å². The van der Waals surface area contributed by atoms with Gasteiger partial charge >= 0.3 is 6.03 Å². The maximum absolute atomic E-state index is 13.5. The molecule has 0 aliphatic carbocycles. The van der Waals surface area contributed by atoms with Crippen molar-refractivity contribution in [2.45, 2.75) is 11.4 Å². The highest BCUT2D eigenvalue weighted by Crippen LogP contribution is 2.31. The summed E-state index contributed by atoms with van der Waals surface area (Å²) < 4.78 is 5.57. The first-order valence-electron chi connectivity index (χ1n) is 13.8. The van der Waals surface area contributed by atoms with Gasteiger partial charge in [0.25, 0.3) is 5.91 Å². The van der Waals surface area contributed by atoms with Crippen molar-refractivity contribution in [3.8, 4) is 5.75 Å². The van der Waals surface area contributed by atoms with Crippen LogP contribution in [0.1, 0.15) is 15.9 Å². The maximum atomic E-state index is 13.5. The lowest BCUT2D eigenvalue weighted by Gasteiger charge is -2.38. The molecule has 0 spiro atoms. The van der Waals surface area contributed by atoms with E-state index in [2.05, 4.69) is 31.8 Å². The Hall–Kier alpha value is -4.63. The molecular weight excluding hydrogens is 546 g/mol. The largest absolute Gasteiger partial charge is 0.495 e. The molecule has 4 aromatic rings. The van der Waals surface area contributed by atoms with Crippen LogP contribution in [0, 0.1) is 0 Å². The minimum Gasteiger partial charge on any atom is -0.495 e. The van der Waals surface area contributed by atoms with Crippen molar-refractivity contribution in [3.63, 3.8) is 0 Å². The number of thioether (sulfide) groups is 1. The van der Waals surface area contributed by atoms with Crippen molar-refractivity contribution >= 4 is 46.4 Å². The highest BCUT2D eigenvalue weighted by atomic mass is 32.2. The summed E-state index contributed by atoms with van der Waals surface area (Å²) in [7, 11) is 1.69. The van der Waals surface area contributed by atoms with Crippen molar-refractivity contribution in [1.82, 2.24) is 5.32 Å². The average Bonchev–Trinajstić information content (AvgIpc) is 3.04. The Morgan fingerprint density at radius 3 is 2.07 bits per heavy atom. The smallest absolute Gasteiger partial charge is 0.323 e. The molecule has 216 valence electrons. The fourth-order valence-electron chi connectivity index (χ4n) is 4.99. The van der Waals surface area contributed by atoms with E-state index in [0.717, 1.165) is 53.8 Å². The number of hydrogen-bond acceptors (Lipinski definition) is 6. The Morgan fingerprint density at radius 2 is 1.38 bits per heavy atom. The quantitative estimate of drug-likeness (QED) is 0.201. The summed E-state index contributed by atoms with van der Waals surface area (Å²) in [4.78, 5) is 32.0. The summed E-state index contributed by atoms with van der Waals surface area (Å²) in [6.45, 7) is 3.43. The molecular formula is C33H35N5O3S. The third-order valence-corrected chi connectivity index (χ3v) is 7.93. The summed E-state index contributed by atoms with van der Waals surface area (Å²) in [5.74, 6) is 0.651. The molecule has 1 fully saturated rings. The Kier molecular flexibility index (Phi) is 9.51. The molecule has 4 aromatic carbocycles. The van der Waals surface area contributed by atoms with Crippen molar-refractivity contribution in [2.24, 2.45) is 0 Å². The number of nitrogens with one attached hydrogen (secondary N) is 3. The lowest BCUT2D eigenvalue weighted by molar-refractivity contribution is 0.0951. The average molecular weight is 582 g/mol. The van der Waals surface area contributed by atoms with Crippen LogP contribution in [0.25, 0.3) is 0 Å². The number of para-hydroxylation sites is 2. The van der Waals surface area contributed by atoms with Crippen LogP contribution in [-0.2, 0) is 6.54 Å². The predicted molar refractivity (Wildman–Crippen MR) is 172 cm³/mol. The predicted octanol–water partition coefficient (Wildman–Crippen LogP) is 6.32. The first-order chi connectivity index (χ1) is 20.5. The van der Waals surface area contributed by atoms with Crippen molar-refractivity contribution in [1.29, 1.82) is 0 Å². The van der Waals surface area contributed by atoms with Gasteiger partial charge in [0.1, 0.15) is 5.75 Å². The third-order valence-electron chi connectivity index (χ3n) is 7.19. The van der Waals surface area contributed by atoms with Crippen LogP contribution in [0.4, 0.5) is 27.5 Å². The molecule has 0 saturated carbocycles. The Morgan fingerprint density at radius 1 is 0.762 bits per heavy atom. The van der Waals surface area contributed by atoms with Gasteiger partial charge in [-0.25, -0.2) is 4.79 Å². The number of amides is 3.